The van der Waals surface area contributed by atoms with Gasteiger partial charge in [0, 0.05) is 18.2 Å². The van der Waals surface area contributed by atoms with E-state index in [4.69, 9.17) is 4.52 Å². The van der Waals surface area contributed by atoms with Crippen LogP contribution in [-0.2, 0) is 4.79 Å². The van der Waals surface area contributed by atoms with Crippen molar-refractivity contribution in [1.82, 2.24) is 5.16 Å². The maximum Gasteiger partial charge on any atom is 0.269 e. The molecule has 0 saturated heterocycles. The van der Waals surface area contributed by atoms with Crippen molar-refractivity contribution in [2.24, 2.45) is 0 Å². The molecule has 0 atom stereocenters. The summed E-state index contributed by atoms with van der Waals surface area (Å²) in [5.74, 6) is 0.898. The van der Waals surface area contributed by atoms with Gasteiger partial charge in [-0.1, -0.05) is 5.16 Å². The summed E-state index contributed by atoms with van der Waals surface area (Å²) < 4.78 is 4.87. The van der Waals surface area contributed by atoms with Crippen LogP contribution in [0.5, 0.6) is 0 Å². The fraction of sp³-hybridized carbons (Fsp3) is 0.0909. The van der Waals surface area contributed by atoms with Crippen LogP contribution in [0.2, 0.25) is 0 Å². The number of aryl methyl sites for hydroxylation is 1. The molecule has 1 heterocycles. The monoisotopic (exact) mass is 247 g/mol. The summed E-state index contributed by atoms with van der Waals surface area (Å²) in [6.45, 7) is 1.70. The second kappa shape index (κ2) is 4.66. The molecule has 7 heteroatoms. The van der Waals surface area contributed by atoms with Gasteiger partial charge in [-0.05, 0) is 19.1 Å². The van der Waals surface area contributed by atoms with Gasteiger partial charge in [0.1, 0.15) is 5.76 Å². The number of nitro groups is 1. The first kappa shape index (κ1) is 11.8. The zero-order chi connectivity index (χ0) is 13.1. The van der Waals surface area contributed by atoms with Gasteiger partial charge in [0.15, 0.2) is 5.82 Å². The summed E-state index contributed by atoms with van der Waals surface area (Å²) in [5, 5.41) is 14.2. The molecule has 1 aromatic heterocycles. The molecule has 0 saturated carbocycles. The predicted octanol–water partition coefficient (Wildman–Crippen LogP) is 2.19. The van der Waals surface area contributed by atoms with Crippen molar-refractivity contribution in [3.63, 3.8) is 0 Å². The molecular formula is C11H9N3O4. The van der Waals surface area contributed by atoms with Crippen LogP contribution in [-0.4, -0.2) is 16.5 Å². The molecule has 1 amide bonds. The molecule has 92 valence electrons. The molecule has 0 aliphatic carbocycles. The number of hydrogen-bond acceptors (Lipinski definition) is 5. The van der Waals surface area contributed by atoms with E-state index in [-0.39, 0.29) is 5.69 Å². The number of hydrogen-bond donors (Lipinski definition) is 0. The van der Waals surface area contributed by atoms with E-state index in [0.717, 1.165) is 0 Å². The summed E-state index contributed by atoms with van der Waals surface area (Å²) in [5.41, 5.74) is 0.435. The average molecular weight is 247 g/mol. The van der Waals surface area contributed by atoms with E-state index < -0.39 is 4.92 Å². The Kier molecular flexibility index (Phi) is 3.05. The van der Waals surface area contributed by atoms with Crippen molar-refractivity contribution < 1.29 is 14.2 Å². The fourth-order valence-electron chi connectivity index (χ4n) is 1.45. The summed E-state index contributed by atoms with van der Waals surface area (Å²) >= 11 is 0. The number of amides is 1. The minimum absolute atomic E-state index is 0.0408. The van der Waals surface area contributed by atoms with Crippen LogP contribution in [0.15, 0.2) is 34.9 Å². The van der Waals surface area contributed by atoms with Crippen LogP contribution < -0.4 is 4.90 Å². The third-order valence-corrected chi connectivity index (χ3v) is 2.31. The molecule has 0 aliphatic rings. The largest absolute Gasteiger partial charge is 0.360 e. The van der Waals surface area contributed by atoms with Gasteiger partial charge in [-0.15, -0.1) is 0 Å². The lowest BCUT2D eigenvalue weighted by Gasteiger charge is -2.12. The number of nitrogens with zero attached hydrogens (tertiary/aromatic N) is 3. The minimum Gasteiger partial charge on any atom is -0.360 e. The van der Waals surface area contributed by atoms with Crippen LogP contribution in [0.3, 0.4) is 0 Å². The normalized spacial score (nSPS) is 10.1. The van der Waals surface area contributed by atoms with Crippen LogP contribution in [0.25, 0.3) is 0 Å². The smallest absolute Gasteiger partial charge is 0.269 e. The maximum atomic E-state index is 11.0. The standard InChI is InChI=1S/C11H9N3O4/c1-8-6-11(12-18-8)13(7-15)9-2-4-10(5-3-9)14(16)17/h2-7H,1H3. The van der Waals surface area contributed by atoms with Gasteiger partial charge in [-0.2, -0.15) is 0 Å². The van der Waals surface area contributed by atoms with E-state index >= 15 is 0 Å². The minimum atomic E-state index is -0.505. The molecule has 7 nitrogen and oxygen atoms in total. The lowest BCUT2D eigenvalue weighted by Crippen LogP contribution is -2.14. The molecule has 1 aromatic carbocycles. The topological polar surface area (TPSA) is 89.5 Å². The van der Waals surface area contributed by atoms with E-state index in [9.17, 15) is 14.9 Å². The van der Waals surface area contributed by atoms with Crippen LogP contribution in [0, 0.1) is 17.0 Å². The van der Waals surface area contributed by atoms with Crippen LogP contribution in [0.1, 0.15) is 5.76 Å². The van der Waals surface area contributed by atoms with E-state index in [1.165, 1.54) is 29.2 Å². The third-order valence-electron chi connectivity index (χ3n) is 2.31. The molecule has 2 rings (SSSR count). The van der Waals surface area contributed by atoms with Gasteiger partial charge in [0.2, 0.25) is 6.41 Å². The summed E-state index contributed by atoms with van der Waals surface area (Å²) in [6, 6.07) is 7.17. The van der Waals surface area contributed by atoms with Gasteiger partial charge in [0.25, 0.3) is 5.69 Å². The molecule has 0 aliphatic heterocycles. The Morgan fingerprint density at radius 1 is 1.39 bits per heavy atom. The quantitative estimate of drug-likeness (QED) is 0.469. The van der Waals surface area contributed by atoms with Crippen molar-refractivity contribution in [3.8, 4) is 0 Å². The molecule has 0 bridgehead atoms. The van der Waals surface area contributed by atoms with Crippen molar-refractivity contribution >= 4 is 23.6 Å². The Morgan fingerprint density at radius 3 is 2.50 bits per heavy atom. The number of anilines is 2. The Labute approximate surface area is 102 Å². The Bertz CT molecular complexity index is 576. The number of nitro benzene ring substituents is 1. The molecule has 0 N–H and O–H groups in total. The summed E-state index contributed by atoms with van der Waals surface area (Å²) in [6.07, 6.45) is 0.568. The van der Waals surface area contributed by atoms with Crippen molar-refractivity contribution in [2.75, 3.05) is 4.90 Å². The molecule has 0 radical (unpaired) electrons. The molecule has 0 spiro atoms. The highest BCUT2D eigenvalue weighted by atomic mass is 16.6. The number of carbonyl (C=O) groups excluding carboxylic acids is 1. The van der Waals surface area contributed by atoms with Gasteiger partial charge < -0.3 is 4.52 Å². The zero-order valence-corrected chi connectivity index (χ0v) is 9.44. The van der Waals surface area contributed by atoms with Crippen LogP contribution in [0.4, 0.5) is 17.2 Å². The highest BCUT2D eigenvalue weighted by molar-refractivity contribution is 5.84. The highest BCUT2D eigenvalue weighted by Crippen LogP contribution is 2.25. The van der Waals surface area contributed by atoms with E-state index in [1.807, 2.05) is 0 Å². The van der Waals surface area contributed by atoms with Gasteiger partial charge >= 0.3 is 0 Å². The lowest BCUT2D eigenvalue weighted by molar-refractivity contribution is -0.384. The maximum absolute atomic E-state index is 11.0. The van der Waals surface area contributed by atoms with Gasteiger partial charge in [0.05, 0.1) is 10.6 Å². The number of rotatable bonds is 4. The first-order chi connectivity index (χ1) is 8.61. The predicted molar refractivity (Wildman–Crippen MR) is 62.5 cm³/mol. The van der Waals surface area contributed by atoms with E-state index in [2.05, 4.69) is 5.16 Å². The van der Waals surface area contributed by atoms with Crippen molar-refractivity contribution in [1.29, 1.82) is 0 Å². The first-order valence-electron chi connectivity index (χ1n) is 5.04. The Balaban J connectivity index is 2.33. The van der Waals surface area contributed by atoms with Gasteiger partial charge in [-0.25, -0.2) is 0 Å². The Hall–Kier alpha value is -2.70. The molecule has 18 heavy (non-hydrogen) atoms. The zero-order valence-electron chi connectivity index (χ0n) is 9.44. The van der Waals surface area contributed by atoms with Crippen molar-refractivity contribution in [2.45, 2.75) is 6.92 Å². The molecule has 0 unspecified atom stereocenters. The SMILES string of the molecule is Cc1cc(N(C=O)c2ccc([N+](=O)[O-])cc2)no1. The second-order valence-electron chi connectivity index (χ2n) is 3.54. The number of carbonyl (C=O) groups is 1. The molecule has 2 aromatic rings. The second-order valence-corrected chi connectivity index (χ2v) is 3.54. The molecular weight excluding hydrogens is 238 g/mol. The third kappa shape index (κ3) is 2.19. The highest BCUT2D eigenvalue weighted by Gasteiger charge is 2.14. The summed E-state index contributed by atoms with van der Waals surface area (Å²) in [4.78, 5) is 22.3. The average Bonchev–Trinajstić information content (AvgIpc) is 2.77. The van der Waals surface area contributed by atoms with E-state index in [1.54, 1.807) is 13.0 Å². The van der Waals surface area contributed by atoms with Gasteiger partial charge in [-0.3, -0.25) is 19.8 Å². The Morgan fingerprint density at radius 2 is 2.06 bits per heavy atom. The summed E-state index contributed by atoms with van der Waals surface area (Å²) in [7, 11) is 0. The fourth-order valence-corrected chi connectivity index (χ4v) is 1.45. The molecule has 0 fully saturated rings. The van der Waals surface area contributed by atoms with Crippen molar-refractivity contribution in [3.05, 3.63) is 46.2 Å². The van der Waals surface area contributed by atoms with Crippen LogP contribution >= 0.6 is 0 Å². The number of aromatic nitrogens is 1. The first-order valence-corrected chi connectivity index (χ1v) is 5.04. The lowest BCUT2D eigenvalue weighted by atomic mass is 10.2. The number of non-ortho nitro benzene ring substituents is 1. The number of benzene rings is 1. The van der Waals surface area contributed by atoms with E-state index in [0.29, 0.717) is 23.7 Å².